The number of hydrogen-bond acceptors (Lipinski definition) is 26. The van der Waals surface area contributed by atoms with Gasteiger partial charge in [-0.15, -0.1) is 0 Å². The highest BCUT2D eigenvalue weighted by Crippen LogP contribution is 2.40. The number of carbonyl (C=O) groups is 4. The van der Waals surface area contributed by atoms with Crippen LogP contribution in [0.3, 0.4) is 0 Å². The van der Waals surface area contributed by atoms with E-state index in [2.05, 4.69) is 22.9 Å². The molecule has 23 atom stereocenters. The molecule has 0 radical (unpaired) electrons. The smallest absolute Gasteiger partial charge is 0.220 e. The van der Waals surface area contributed by atoms with Crippen LogP contribution in [0.5, 0.6) is 0 Å². The number of aliphatic carboxylic acids is 1. The molecule has 0 aliphatic carbocycles. The monoisotopic (exact) mass is 1400 g/mol. The Morgan fingerprint density at radius 3 is 1.59 bits per heavy atom. The molecular weight excluding hydrogens is 1280 g/mol. The van der Waals surface area contributed by atoms with Gasteiger partial charge in [-0.25, -0.2) is 0 Å². The Morgan fingerprint density at radius 1 is 0.588 bits per heavy atom. The van der Waals surface area contributed by atoms with Gasteiger partial charge < -0.3 is 136 Å². The van der Waals surface area contributed by atoms with Crippen molar-refractivity contribution in [2.24, 2.45) is 0 Å². The normalized spacial score (nSPS) is 32.6. The zero-order valence-corrected chi connectivity index (χ0v) is 57.5. The molecule has 4 aliphatic heterocycles. The number of allylic oxidation sites excluding steroid dienone is 1. The van der Waals surface area contributed by atoms with Gasteiger partial charge in [-0.2, -0.15) is 0 Å². The van der Waals surface area contributed by atoms with Gasteiger partial charge in [0.15, 0.2) is 18.9 Å². The predicted molar refractivity (Wildman–Crippen MR) is 349 cm³/mol. The Balaban J connectivity index is 0.0000260. The van der Waals surface area contributed by atoms with Crippen molar-refractivity contribution in [1.29, 1.82) is 0 Å². The van der Waals surface area contributed by atoms with Gasteiger partial charge in [0.1, 0.15) is 97.5 Å². The lowest BCUT2D eigenvalue weighted by Gasteiger charge is -2.53. The van der Waals surface area contributed by atoms with Crippen molar-refractivity contribution in [3.05, 3.63) is 12.2 Å². The topological polar surface area (TPSA) is 501 Å². The van der Waals surface area contributed by atoms with Crippen LogP contribution in [0.2, 0.25) is 0 Å². The first kappa shape index (κ1) is 82.7. The third-order valence-electron chi connectivity index (χ3n) is 18.3. The number of ether oxygens (including phenoxy) is 8. The summed E-state index contributed by atoms with van der Waals surface area (Å²) in [4.78, 5) is 51.8. The first-order valence-electron chi connectivity index (χ1n) is 36.7. The summed E-state index contributed by atoms with van der Waals surface area (Å²) in [6.07, 6.45) is -8.65. The highest BCUT2D eigenvalue weighted by Gasteiger charge is 2.60. The van der Waals surface area contributed by atoms with E-state index in [1.54, 1.807) is 0 Å². The fraction of sp³-hybridized carbons (Fsp3) is 0.910. The van der Waals surface area contributed by atoms with E-state index < -0.39 is 205 Å². The van der Waals surface area contributed by atoms with Crippen LogP contribution < -0.4 is 27.2 Å². The number of unbranched alkanes of at least 4 members (excludes halogenated alkanes) is 24. The Hall–Kier alpha value is -3.26. The van der Waals surface area contributed by atoms with Crippen LogP contribution in [0.4, 0.5) is 0 Å². The summed E-state index contributed by atoms with van der Waals surface area (Å²) < 4.78 is 69.6. The SMILES string of the molecule is [2H]C([2H])([2H])CCCCCCCCCCCCCCCCC(=O)N[C@@H](CO[C@@H]1O[C@H](CO)[C@@H](O[C@@H]2O[C@H](CO)[C@H](O[C@@H]3O[C@H](CO)[C@H](O)[C@H](O)[C@H]3NC(C)=O)[C@H](O[C@]3(C(=O)[O-])C[C@H](O)[C@@H](NC(C)=O)[C@H]([C@H](O)[C@H](O)CO)O3)[C@H]2O)[C@H](O)[C@H]1O)[C@H](O)/C=C/CCCCCCCCCCCCC.[NH4+]. The average molecular weight is 1400 g/mol. The molecule has 0 saturated carbocycles. The van der Waals surface area contributed by atoms with Gasteiger partial charge in [-0.05, 0) is 19.3 Å². The van der Waals surface area contributed by atoms with Gasteiger partial charge in [0.05, 0.1) is 57.3 Å². The molecule has 3 amide bonds. The summed E-state index contributed by atoms with van der Waals surface area (Å²) in [6.45, 7) is -2.49. The third-order valence-corrected chi connectivity index (χ3v) is 18.3. The number of amides is 3. The zero-order chi connectivity index (χ0) is 73.2. The fourth-order valence-electron chi connectivity index (χ4n) is 12.7. The minimum Gasteiger partial charge on any atom is -0.544 e. The van der Waals surface area contributed by atoms with E-state index in [9.17, 15) is 90.7 Å². The summed E-state index contributed by atoms with van der Waals surface area (Å²) >= 11 is 0. The van der Waals surface area contributed by atoms with Gasteiger partial charge in [0.25, 0.3) is 0 Å². The van der Waals surface area contributed by atoms with E-state index in [4.69, 9.17) is 42.0 Å². The number of carboxylic acids is 1. The molecule has 0 aromatic carbocycles. The summed E-state index contributed by atoms with van der Waals surface area (Å²) in [6, 6.07) is -4.60. The molecule has 20 N–H and O–H groups in total. The first-order chi connectivity index (χ1) is 47.2. The van der Waals surface area contributed by atoms with Crippen molar-refractivity contribution in [2.45, 2.75) is 354 Å². The van der Waals surface area contributed by atoms with Crippen molar-refractivity contribution in [3.8, 4) is 0 Å². The van der Waals surface area contributed by atoms with Crippen LogP contribution in [0, 0.1) is 0 Å². The standard InChI is InChI=1S/C67H121N3O26.H3N/c1-5-7-9-11-13-15-17-19-20-22-24-26-28-30-32-34-50(80)70-43(44(77)33-31-29-27-25-23-21-18-16-14-12-10-8-6-2)40-89-64-57(85)56(84)59(48(38-73)91-64)93-65-58(86)62(60(49(39-74)92-65)94-63-52(69-42(4)76)55(83)54(82)47(37-72)90-63)96-67(66(87)88)35-45(78)51(68-41(3)75)61(95-67)53(81)46(79)36-71;/h31,33,43-49,51-65,71-74,77-79,81-86H,5-30,32,34-40H2,1-4H3,(H,68,75)(H,69,76)(H,70,80)(H,87,88);1H3/b33-31+;/t43-,44+,45-,46+,47+,48+,49+,51+,52+,53+,54-,55+,56+,57+,58+,59+,60-,61+,62+,63-,64+,65-,67-;/m0./s1/i1D3;. The van der Waals surface area contributed by atoms with Gasteiger partial charge in [0.2, 0.25) is 23.5 Å². The number of carboxylic acid groups (broad SMARTS) is 1. The second kappa shape index (κ2) is 47.8. The quantitative estimate of drug-likeness (QED) is 0.0285. The van der Waals surface area contributed by atoms with Gasteiger partial charge in [-0.3, -0.25) is 14.4 Å². The highest BCUT2D eigenvalue weighted by molar-refractivity contribution is 5.76. The maximum atomic E-state index is 13.5. The molecule has 4 rings (SSSR count). The van der Waals surface area contributed by atoms with E-state index in [0.29, 0.717) is 12.8 Å². The van der Waals surface area contributed by atoms with Crippen molar-refractivity contribution in [2.75, 3.05) is 33.0 Å². The van der Waals surface area contributed by atoms with Crippen molar-refractivity contribution < 1.29 is 133 Å². The fourth-order valence-corrected chi connectivity index (χ4v) is 12.7. The first-order valence-corrected chi connectivity index (χ1v) is 35.2. The Bertz CT molecular complexity index is 2290. The van der Waals surface area contributed by atoms with E-state index in [1.165, 1.54) is 51.0 Å². The highest BCUT2D eigenvalue weighted by atomic mass is 16.8. The molecule has 30 heteroatoms. The van der Waals surface area contributed by atoms with Crippen molar-refractivity contribution >= 4 is 23.7 Å². The van der Waals surface area contributed by atoms with Crippen LogP contribution in [0.15, 0.2) is 12.2 Å². The lowest BCUT2D eigenvalue weighted by atomic mass is 9.88. The second-order valence-electron chi connectivity index (χ2n) is 26.2. The van der Waals surface area contributed by atoms with E-state index >= 15 is 0 Å². The van der Waals surface area contributed by atoms with E-state index in [-0.39, 0.29) is 24.9 Å². The Kier molecular flexibility index (Phi) is 40.8. The van der Waals surface area contributed by atoms with E-state index in [0.717, 1.165) is 123 Å². The minimum absolute atomic E-state index is 0. The third kappa shape index (κ3) is 28.8. The Morgan fingerprint density at radius 2 is 1.07 bits per heavy atom. The number of nitrogens with one attached hydrogen (secondary N) is 3. The maximum Gasteiger partial charge on any atom is 0.220 e. The maximum absolute atomic E-state index is 13.5. The van der Waals surface area contributed by atoms with Gasteiger partial charge in [-0.1, -0.05) is 180 Å². The van der Waals surface area contributed by atoms with Crippen LogP contribution >= 0.6 is 0 Å². The summed E-state index contributed by atoms with van der Waals surface area (Å²) in [5.74, 6) is -7.81. The molecule has 0 spiro atoms. The molecule has 4 aliphatic rings. The molecule has 97 heavy (non-hydrogen) atoms. The van der Waals surface area contributed by atoms with Crippen LogP contribution in [0.25, 0.3) is 0 Å². The lowest BCUT2D eigenvalue weighted by Crippen LogP contribution is -2.73. The van der Waals surface area contributed by atoms with Gasteiger partial charge >= 0.3 is 0 Å². The number of carbonyl (C=O) groups excluding carboxylic acids is 4. The molecule has 0 unspecified atom stereocenters. The number of quaternary nitrogens is 1. The summed E-state index contributed by atoms with van der Waals surface area (Å²) in [5, 5.41) is 165. The zero-order valence-electron chi connectivity index (χ0n) is 60.5. The summed E-state index contributed by atoms with van der Waals surface area (Å²) in [7, 11) is 0. The van der Waals surface area contributed by atoms with Gasteiger partial charge in [0, 0.05) is 30.8 Å². The number of rotatable bonds is 49. The molecule has 0 aromatic heterocycles. The van der Waals surface area contributed by atoms with Crippen molar-refractivity contribution in [3.63, 3.8) is 0 Å². The number of aliphatic hydroxyl groups excluding tert-OH is 13. The van der Waals surface area contributed by atoms with Crippen molar-refractivity contribution in [1.82, 2.24) is 22.1 Å². The average Bonchev–Trinajstić information content (AvgIpc) is 0.751. The van der Waals surface area contributed by atoms with Crippen LogP contribution in [-0.2, 0) is 57.1 Å². The summed E-state index contributed by atoms with van der Waals surface area (Å²) in [5.41, 5.74) is 0. The van der Waals surface area contributed by atoms with E-state index in [1.807, 2.05) is 6.08 Å². The molecule has 4 saturated heterocycles. The second-order valence-corrected chi connectivity index (χ2v) is 26.2. The lowest BCUT2D eigenvalue weighted by molar-refractivity contribution is -0.420. The van der Waals surface area contributed by atoms with Crippen LogP contribution in [-0.4, -0.2) is 264 Å². The predicted octanol–water partition coefficient (Wildman–Crippen LogP) is 0.175. The molecule has 30 nitrogen and oxygen atoms in total. The number of aliphatic hydroxyl groups is 13. The molecule has 0 bridgehead atoms. The largest absolute Gasteiger partial charge is 0.544 e. The number of hydrogen-bond donors (Lipinski definition) is 17. The molecule has 0 aromatic rings. The molecule has 4 fully saturated rings. The molecular formula is C67H124N4O26. The van der Waals surface area contributed by atoms with Crippen LogP contribution in [0.1, 0.15) is 218 Å². The molecule has 568 valence electrons. The molecule has 4 heterocycles. The Labute approximate surface area is 576 Å². The minimum atomic E-state index is -3.40.